The topological polar surface area (TPSA) is 69.6 Å². The molecule has 1 N–H and O–H groups in total. The molecule has 1 amide bonds. The molecule has 4 rings (SSSR count). The number of aromatic nitrogens is 1. The van der Waals surface area contributed by atoms with Crippen LogP contribution >= 0.6 is 11.5 Å². The molecule has 0 bridgehead atoms. The van der Waals surface area contributed by atoms with E-state index in [0.717, 1.165) is 4.70 Å². The van der Waals surface area contributed by atoms with Crippen LogP contribution in [0.5, 0.6) is 11.5 Å². The minimum absolute atomic E-state index is 0.148. The summed E-state index contributed by atoms with van der Waals surface area (Å²) in [5, 5.41) is 3.47. The highest BCUT2D eigenvalue weighted by Crippen LogP contribution is 2.32. The number of anilines is 1. The van der Waals surface area contributed by atoms with Crippen LogP contribution in [0.2, 0.25) is 0 Å². The highest BCUT2D eigenvalue weighted by atomic mass is 32.1. The maximum atomic E-state index is 12.6. The molecule has 1 aliphatic rings. The number of nitrogens with zero attached hydrogens (tertiary/aromatic N) is 1. The first-order valence-electron chi connectivity index (χ1n) is 7.94. The first-order valence-corrected chi connectivity index (χ1v) is 8.72. The first-order chi connectivity index (χ1) is 12.1. The standard InChI is InChI=1S/C18H16N2O4S/c1-11(20-18(22)13-4-2-3-5-16(13)25-20)17(21)19-12-6-7-14-15(10-12)24-9-8-23-14/h2-7,10-11H,8-9H2,1H3,(H,19,21). The van der Waals surface area contributed by atoms with Crippen LogP contribution in [-0.4, -0.2) is 23.1 Å². The van der Waals surface area contributed by atoms with Crippen molar-refractivity contribution in [1.29, 1.82) is 0 Å². The van der Waals surface area contributed by atoms with Crippen molar-refractivity contribution in [1.82, 2.24) is 3.96 Å². The van der Waals surface area contributed by atoms with Crippen molar-refractivity contribution in [2.45, 2.75) is 13.0 Å². The molecule has 0 saturated carbocycles. The summed E-state index contributed by atoms with van der Waals surface area (Å²) in [5.41, 5.74) is 0.459. The van der Waals surface area contributed by atoms with Crippen molar-refractivity contribution in [3.8, 4) is 11.5 Å². The normalized spacial score (nSPS) is 14.3. The summed E-state index contributed by atoms with van der Waals surface area (Å²) < 4.78 is 13.4. The lowest BCUT2D eigenvalue weighted by Crippen LogP contribution is -2.28. The van der Waals surface area contributed by atoms with Gasteiger partial charge in [0.05, 0.1) is 10.1 Å². The van der Waals surface area contributed by atoms with Gasteiger partial charge in [-0.15, -0.1) is 0 Å². The van der Waals surface area contributed by atoms with Crippen molar-refractivity contribution in [3.63, 3.8) is 0 Å². The van der Waals surface area contributed by atoms with Crippen LogP contribution < -0.4 is 20.3 Å². The molecule has 0 radical (unpaired) electrons. The minimum Gasteiger partial charge on any atom is -0.486 e. The van der Waals surface area contributed by atoms with Crippen molar-refractivity contribution in [2.75, 3.05) is 18.5 Å². The molecule has 3 aromatic rings. The quantitative estimate of drug-likeness (QED) is 0.783. The monoisotopic (exact) mass is 356 g/mol. The second-order valence-corrected chi connectivity index (χ2v) is 6.76. The fraction of sp³-hybridized carbons (Fsp3) is 0.222. The molecular formula is C18H16N2O4S. The van der Waals surface area contributed by atoms with Crippen molar-refractivity contribution >= 4 is 33.2 Å². The molecule has 0 fully saturated rings. The summed E-state index contributed by atoms with van der Waals surface area (Å²) in [4.78, 5) is 25.0. The van der Waals surface area contributed by atoms with Gasteiger partial charge in [0, 0.05) is 11.8 Å². The molecule has 2 aromatic carbocycles. The molecule has 6 nitrogen and oxygen atoms in total. The summed E-state index contributed by atoms with van der Waals surface area (Å²) in [7, 11) is 0. The number of nitrogens with one attached hydrogen (secondary N) is 1. The van der Waals surface area contributed by atoms with E-state index in [1.165, 1.54) is 15.5 Å². The van der Waals surface area contributed by atoms with E-state index in [-0.39, 0.29) is 11.5 Å². The van der Waals surface area contributed by atoms with Crippen molar-refractivity contribution < 1.29 is 14.3 Å². The third kappa shape index (κ3) is 2.87. The Hall–Kier alpha value is -2.80. The predicted molar refractivity (Wildman–Crippen MR) is 96.9 cm³/mol. The van der Waals surface area contributed by atoms with E-state index in [4.69, 9.17) is 9.47 Å². The van der Waals surface area contributed by atoms with Crippen LogP contribution in [0.1, 0.15) is 13.0 Å². The average molecular weight is 356 g/mol. The Labute approximate surface area is 147 Å². The molecule has 0 aliphatic carbocycles. The molecule has 0 spiro atoms. The maximum Gasteiger partial charge on any atom is 0.269 e. The predicted octanol–water partition coefficient (Wildman–Crippen LogP) is 3.03. The number of ether oxygens (including phenoxy) is 2. The minimum atomic E-state index is -0.613. The van der Waals surface area contributed by atoms with E-state index in [9.17, 15) is 9.59 Å². The van der Waals surface area contributed by atoms with Crippen LogP contribution in [0.25, 0.3) is 10.1 Å². The van der Waals surface area contributed by atoms with E-state index in [0.29, 0.717) is 35.8 Å². The van der Waals surface area contributed by atoms with Crippen LogP contribution in [0, 0.1) is 0 Å². The van der Waals surface area contributed by atoms with Gasteiger partial charge in [-0.2, -0.15) is 0 Å². The van der Waals surface area contributed by atoms with E-state index < -0.39 is 6.04 Å². The van der Waals surface area contributed by atoms with Crippen molar-refractivity contribution in [3.05, 3.63) is 52.8 Å². The lowest BCUT2D eigenvalue weighted by atomic mass is 10.2. The van der Waals surface area contributed by atoms with Gasteiger partial charge in [0.25, 0.3) is 5.56 Å². The highest BCUT2D eigenvalue weighted by Gasteiger charge is 2.20. The summed E-state index contributed by atoms with van der Waals surface area (Å²) >= 11 is 1.29. The third-order valence-electron chi connectivity index (χ3n) is 4.06. The molecule has 2 heterocycles. The van der Waals surface area contributed by atoms with Gasteiger partial charge in [0.15, 0.2) is 11.5 Å². The number of hydrogen-bond donors (Lipinski definition) is 1. The van der Waals surface area contributed by atoms with Crippen LogP contribution in [0.15, 0.2) is 47.3 Å². The molecule has 128 valence electrons. The number of fused-ring (bicyclic) bond motifs is 2. The lowest BCUT2D eigenvalue weighted by molar-refractivity contribution is -0.118. The van der Waals surface area contributed by atoms with Gasteiger partial charge in [-0.05, 0) is 31.2 Å². The van der Waals surface area contributed by atoms with E-state index in [2.05, 4.69) is 5.32 Å². The van der Waals surface area contributed by atoms with Gasteiger partial charge < -0.3 is 14.8 Å². The van der Waals surface area contributed by atoms with Gasteiger partial charge in [0.2, 0.25) is 5.91 Å². The van der Waals surface area contributed by atoms with Crippen LogP contribution in [0.3, 0.4) is 0 Å². The summed E-state index contributed by atoms with van der Waals surface area (Å²) in [6.45, 7) is 2.71. The SMILES string of the molecule is CC(C(=O)Nc1ccc2c(c1)OCCO2)n1sc2ccccc2c1=O. The second-order valence-electron chi connectivity index (χ2n) is 5.74. The Morgan fingerprint density at radius 2 is 1.92 bits per heavy atom. The van der Waals surface area contributed by atoms with Gasteiger partial charge >= 0.3 is 0 Å². The molecule has 25 heavy (non-hydrogen) atoms. The lowest BCUT2D eigenvalue weighted by Gasteiger charge is -2.19. The maximum absolute atomic E-state index is 12.6. The number of rotatable bonds is 3. The molecule has 7 heteroatoms. The van der Waals surface area contributed by atoms with Gasteiger partial charge in [0.1, 0.15) is 19.3 Å². The Balaban J connectivity index is 1.58. The number of hydrogen-bond acceptors (Lipinski definition) is 5. The first kappa shape index (κ1) is 15.7. The van der Waals surface area contributed by atoms with Gasteiger partial charge in [-0.3, -0.25) is 13.5 Å². The fourth-order valence-corrected chi connectivity index (χ4v) is 3.76. The Kier molecular flexibility index (Phi) is 3.93. The van der Waals surface area contributed by atoms with Crippen molar-refractivity contribution in [2.24, 2.45) is 0 Å². The second kappa shape index (κ2) is 6.25. The molecule has 0 saturated heterocycles. The number of carbonyl (C=O) groups is 1. The van der Waals surface area contributed by atoms with Gasteiger partial charge in [-0.25, -0.2) is 0 Å². The molecule has 1 aromatic heterocycles. The zero-order valence-corrected chi connectivity index (χ0v) is 14.3. The van der Waals surface area contributed by atoms with E-state index in [1.807, 2.05) is 18.2 Å². The van der Waals surface area contributed by atoms with E-state index >= 15 is 0 Å². The van der Waals surface area contributed by atoms with Gasteiger partial charge in [-0.1, -0.05) is 23.7 Å². The summed E-state index contributed by atoms with van der Waals surface area (Å²) in [6, 6.07) is 12.0. The zero-order valence-electron chi connectivity index (χ0n) is 13.5. The Morgan fingerprint density at radius 1 is 1.16 bits per heavy atom. The molecular weight excluding hydrogens is 340 g/mol. The number of benzene rings is 2. The average Bonchev–Trinajstić information content (AvgIpc) is 2.98. The molecule has 1 aliphatic heterocycles. The smallest absolute Gasteiger partial charge is 0.269 e. The Bertz CT molecular complexity index is 1010. The largest absolute Gasteiger partial charge is 0.486 e. The highest BCUT2D eigenvalue weighted by molar-refractivity contribution is 7.14. The number of carbonyl (C=O) groups excluding carboxylic acids is 1. The summed E-state index contributed by atoms with van der Waals surface area (Å²) in [5.74, 6) is 1.01. The zero-order chi connectivity index (χ0) is 17.4. The third-order valence-corrected chi connectivity index (χ3v) is 5.29. The Morgan fingerprint density at radius 3 is 2.72 bits per heavy atom. The molecule has 1 unspecified atom stereocenters. The van der Waals surface area contributed by atoms with Crippen LogP contribution in [0.4, 0.5) is 5.69 Å². The number of amides is 1. The van der Waals surface area contributed by atoms with E-state index in [1.54, 1.807) is 31.2 Å². The molecule has 1 atom stereocenters. The van der Waals surface area contributed by atoms with Crippen LogP contribution in [-0.2, 0) is 4.79 Å². The fourth-order valence-electron chi connectivity index (χ4n) is 2.72. The summed E-state index contributed by atoms with van der Waals surface area (Å²) in [6.07, 6.45) is 0.